The number of carbonyl (C=O) groups excluding carboxylic acids is 3. The van der Waals surface area contributed by atoms with E-state index >= 15 is 0 Å². The van der Waals surface area contributed by atoms with Gasteiger partial charge in [0.05, 0.1) is 23.4 Å². The van der Waals surface area contributed by atoms with Gasteiger partial charge in [0.25, 0.3) is 5.91 Å². The van der Waals surface area contributed by atoms with Crippen LogP contribution in [0.4, 0.5) is 5.13 Å². The van der Waals surface area contributed by atoms with E-state index in [2.05, 4.69) is 10.3 Å². The zero-order chi connectivity index (χ0) is 23.5. The summed E-state index contributed by atoms with van der Waals surface area (Å²) in [6.45, 7) is 3.51. The molecule has 0 aliphatic heterocycles. The van der Waals surface area contributed by atoms with Gasteiger partial charge in [-0.05, 0) is 38.1 Å². The summed E-state index contributed by atoms with van der Waals surface area (Å²) in [5, 5.41) is 13.9. The second kappa shape index (κ2) is 9.25. The van der Waals surface area contributed by atoms with Crippen molar-refractivity contribution in [2.24, 2.45) is 0 Å². The molecule has 0 saturated carbocycles. The predicted octanol–water partition coefficient (Wildman–Crippen LogP) is 4.71. The van der Waals surface area contributed by atoms with Crippen molar-refractivity contribution in [1.29, 1.82) is 0 Å². The fourth-order valence-corrected chi connectivity index (χ4v) is 4.36. The van der Waals surface area contributed by atoms with Gasteiger partial charge >= 0.3 is 11.9 Å². The van der Waals surface area contributed by atoms with E-state index in [-0.39, 0.29) is 30.2 Å². The lowest BCUT2D eigenvalue weighted by molar-refractivity contribution is 0.0524. The lowest BCUT2D eigenvalue weighted by atomic mass is 10.1. The SMILES string of the molecule is CCOC(=O)c1c2ccc3nc(NC(=O)c4ccccc4)sc3cc-2c(C(=O)OCC)c1O. The molecule has 1 heterocycles. The van der Waals surface area contributed by atoms with Gasteiger partial charge in [0.2, 0.25) is 0 Å². The molecule has 0 spiro atoms. The molecule has 2 aliphatic rings. The van der Waals surface area contributed by atoms with Crippen LogP contribution in [0.25, 0.3) is 21.3 Å². The Labute approximate surface area is 193 Å². The molecule has 0 radical (unpaired) electrons. The van der Waals surface area contributed by atoms with E-state index < -0.39 is 17.7 Å². The van der Waals surface area contributed by atoms with Crippen molar-refractivity contribution in [1.82, 2.24) is 4.98 Å². The first-order chi connectivity index (χ1) is 15.9. The summed E-state index contributed by atoms with van der Waals surface area (Å²) in [6.07, 6.45) is 0. The normalized spacial score (nSPS) is 10.8. The lowest BCUT2D eigenvalue weighted by Gasteiger charge is -2.02. The summed E-state index contributed by atoms with van der Waals surface area (Å²) in [5.41, 5.74) is 1.49. The maximum Gasteiger partial charge on any atom is 0.342 e. The minimum Gasteiger partial charge on any atom is -0.506 e. The maximum atomic E-state index is 12.6. The molecule has 0 fully saturated rings. The second-order valence-corrected chi connectivity index (χ2v) is 7.96. The van der Waals surface area contributed by atoms with Crippen LogP contribution < -0.4 is 5.32 Å². The Morgan fingerprint density at radius 3 is 2.21 bits per heavy atom. The van der Waals surface area contributed by atoms with E-state index in [1.807, 2.05) is 6.07 Å². The molecule has 1 aromatic carbocycles. The van der Waals surface area contributed by atoms with E-state index in [0.29, 0.717) is 32.0 Å². The molecule has 2 aliphatic carbocycles. The van der Waals surface area contributed by atoms with Gasteiger partial charge in [0.1, 0.15) is 16.9 Å². The van der Waals surface area contributed by atoms with Gasteiger partial charge in [-0.2, -0.15) is 0 Å². The summed E-state index contributed by atoms with van der Waals surface area (Å²) in [5.74, 6) is -2.28. The molecule has 1 amide bonds. The summed E-state index contributed by atoms with van der Waals surface area (Å²) < 4.78 is 10.8. The number of aromatic nitrogens is 1. The first-order valence-electron chi connectivity index (χ1n) is 10.2. The number of amides is 1. The molecule has 0 unspecified atom stereocenters. The Kier molecular flexibility index (Phi) is 6.23. The van der Waals surface area contributed by atoms with Gasteiger partial charge in [-0.25, -0.2) is 14.6 Å². The third kappa shape index (κ3) is 4.22. The van der Waals surface area contributed by atoms with E-state index in [1.54, 1.807) is 56.3 Å². The number of ether oxygens (including phenoxy) is 2. The highest BCUT2D eigenvalue weighted by atomic mass is 32.1. The highest BCUT2D eigenvalue weighted by Crippen LogP contribution is 2.44. The van der Waals surface area contributed by atoms with Crippen molar-refractivity contribution in [3.8, 4) is 16.9 Å². The Balaban J connectivity index is 1.82. The number of nitrogens with zero attached hydrogens (tertiary/aromatic N) is 1. The molecule has 33 heavy (non-hydrogen) atoms. The number of nitrogens with one attached hydrogen (secondary N) is 1. The van der Waals surface area contributed by atoms with E-state index in [9.17, 15) is 19.5 Å². The molecule has 4 rings (SSSR count). The number of esters is 2. The van der Waals surface area contributed by atoms with Crippen molar-refractivity contribution < 1.29 is 29.0 Å². The Hall–Kier alpha value is -3.98. The van der Waals surface area contributed by atoms with Crippen molar-refractivity contribution in [2.75, 3.05) is 18.5 Å². The van der Waals surface area contributed by atoms with E-state index in [4.69, 9.17) is 9.47 Å². The zero-order valence-electron chi connectivity index (χ0n) is 17.9. The summed E-state index contributed by atoms with van der Waals surface area (Å²) in [4.78, 5) is 42.1. The van der Waals surface area contributed by atoms with Gasteiger partial charge in [0.15, 0.2) is 5.13 Å². The van der Waals surface area contributed by atoms with Crippen molar-refractivity contribution >= 4 is 44.5 Å². The standard InChI is InChI=1S/C24H20N2O6S/c1-3-31-22(29)18-14-10-11-16-17(12-15(14)19(20(18)27)23(30)32-4-2)33-24(25-16)26-21(28)13-8-6-5-7-9-13/h5-12,27H,3-4H2,1-2H3,(H,25,26,28). The molecular formula is C24H20N2O6S. The minimum absolute atomic E-state index is 0.101. The van der Waals surface area contributed by atoms with Crippen LogP contribution in [0.2, 0.25) is 0 Å². The number of benzene rings is 1. The second-order valence-electron chi connectivity index (χ2n) is 6.93. The monoisotopic (exact) mass is 464 g/mol. The lowest BCUT2D eigenvalue weighted by Crippen LogP contribution is -2.11. The molecule has 1 aromatic heterocycles. The number of anilines is 1. The highest BCUT2D eigenvalue weighted by Gasteiger charge is 2.32. The molecule has 0 bridgehead atoms. The van der Waals surface area contributed by atoms with Crippen LogP contribution in [0.3, 0.4) is 0 Å². The number of aromatic hydroxyl groups is 1. The molecule has 2 aromatic rings. The largest absolute Gasteiger partial charge is 0.506 e. The first-order valence-corrected chi connectivity index (χ1v) is 11.1. The van der Waals surface area contributed by atoms with Crippen LogP contribution in [0.5, 0.6) is 5.75 Å². The van der Waals surface area contributed by atoms with Crippen LogP contribution in [-0.2, 0) is 9.47 Å². The molecule has 168 valence electrons. The average Bonchev–Trinajstić information content (AvgIpc) is 3.25. The van der Waals surface area contributed by atoms with Gasteiger partial charge in [-0.3, -0.25) is 10.1 Å². The van der Waals surface area contributed by atoms with Crippen LogP contribution >= 0.6 is 11.3 Å². The van der Waals surface area contributed by atoms with Crippen LogP contribution in [0.15, 0.2) is 48.5 Å². The van der Waals surface area contributed by atoms with E-state index in [0.717, 1.165) is 0 Å². The number of hydrogen-bond acceptors (Lipinski definition) is 8. The Bertz CT molecular complexity index is 1330. The van der Waals surface area contributed by atoms with Crippen molar-refractivity contribution in [2.45, 2.75) is 13.8 Å². The smallest absolute Gasteiger partial charge is 0.342 e. The number of fused-ring (bicyclic) bond motifs is 2. The fraction of sp³-hybridized carbons (Fsp3) is 0.167. The van der Waals surface area contributed by atoms with Crippen LogP contribution in [-0.4, -0.2) is 41.2 Å². The van der Waals surface area contributed by atoms with Crippen molar-refractivity contribution in [3.05, 3.63) is 65.2 Å². The third-order valence-corrected chi connectivity index (χ3v) is 5.82. The Morgan fingerprint density at radius 2 is 1.58 bits per heavy atom. The van der Waals surface area contributed by atoms with Gasteiger partial charge < -0.3 is 14.6 Å². The van der Waals surface area contributed by atoms with Gasteiger partial charge in [-0.15, -0.1) is 0 Å². The van der Waals surface area contributed by atoms with E-state index in [1.165, 1.54) is 11.3 Å². The molecule has 0 saturated heterocycles. The molecule has 2 N–H and O–H groups in total. The molecule has 0 atom stereocenters. The number of thiazole rings is 1. The molecule has 8 nitrogen and oxygen atoms in total. The average molecular weight is 464 g/mol. The third-order valence-electron chi connectivity index (χ3n) is 4.88. The van der Waals surface area contributed by atoms with Gasteiger partial charge in [0, 0.05) is 16.7 Å². The quantitative estimate of drug-likeness (QED) is 0.397. The maximum absolute atomic E-state index is 12.6. The summed E-state index contributed by atoms with van der Waals surface area (Å²) in [6, 6.07) is 13.6. The Morgan fingerprint density at radius 1 is 0.939 bits per heavy atom. The van der Waals surface area contributed by atoms with Crippen LogP contribution in [0.1, 0.15) is 44.9 Å². The zero-order valence-corrected chi connectivity index (χ0v) is 18.7. The number of hydrogen-bond donors (Lipinski definition) is 2. The summed E-state index contributed by atoms with van der Waals surface area (Å²) >= 11 is 1.20. The molecule has 9 heteroatoms. The minimum atomic E-state index is -0.753. The van der Waals surface area contributed by atoms with Crippen LogP contribution in [0, 0.1) is 0 Å². The molecular weight excluding hydrogens is 444 g/mol. The first kappa shape index (κ1) is 22.2. The summed E-state index contributed by atoms with van der Waals surface area (Å²) in [7, 11) is 0. The van der Waals surface area contributed by atoms with Crippen molar-refractivity contribution in [3.63, 3.8) is 0 Å². The predicted molar refractivity (Wildman–Crippen MR) is 124 cm³/mol. The number of carbonyl (C=O) groups is 3. The topological polar surface area (TPSA) is 115 Å². The fourth-order valence-electron chi connectivity index (χ4n) is 3.46. The highest BCUT2D eigenvalue weighted by molar-refractivity contribution is 7.22. The van der Waals surface area contributed by atoms with Gasteiger partial charge in [-0.1, -0.05) is 35.6 Å². The number of rotatable bonds is 6.